The van der Waals surface area contributed by atoms with Crippen LogP contribution in [0.15, 0.2) is 24.3 Å². The van der Waals surface area contributed by atoms with Crippen molar-refractivity contribution in [3.63, 3.8) is 0 Å². The molecule has 102 valence electrons. The summed E-state index contributed by atoms with van der Waals surface area (Å²) in [6.45, 7) is 9.64. The minimum Gasteiger partial charge on any atom is -0.394 e. The van der Waals surface area contributed by atoms with Gasteiger partial charge in [-0.15, -0.1) is 0 Å². The third-order valence-corrected chi connectivity index (χ3v) is 3.51. The second kappa shape index (κ2) is 6.35. The van der Waals surface area contributed by atoms with E-state index in [-0.39, 0.29) is 12.1 Å². The average molecular weight is 249 g/mol. The quantitative estimate of drug-likeness (QED) is 0.837. The van der Waals surface area contributed by atoms with Gasteiger partial charge in [-0.1, -0.05) is 38.1 Å². The van der Waals surface area contributed by atoms with Crippen molar-refractivity contribution in [2.75, 3.05) is 13.7 Å². The molecule has 0 bridgehead atoms. The number of rotatable bonds is 6. The Bertz CT molecular complexity index is 354. The number of aliphatic hydroxyl groups excluding tert-OH is 1. The van der Waals surface area contributed by atoms with Gasteiger partial charge in [0.25, 0.3) is 0 Å². The molecule has 2 heteroatoms. The number of nitrogens with zero attached hydrogens (tertiary/aromatic N) is 1. The summed E-state index contributed by atoms with van der Waals surface area (Å²) in [6.07, 6.45) is 1.14. The predicted octanol–water partition coefficient (Wildman–Crippen LogP) is 3.09. The number of likely N-dealkylation sites (N-methyl/N-ethyl adjacent to an activating group) is 1. The Kier molecular flexibility index (Phi) is 5.36. The molecule has 0 radical (unpaired) electrons. The SMILES string of the molecule is CC(C)Cc1ccc(CN(C)C(C)(C)CO)cc1. The standard InChI is InChI=1S/C16H27NO/c1-13(2)10-14-6-8-15(9-7-14)11-17(5)16(3,4)12-18/h6-9,13,18H,10-12H2,1-5H3. The number of hydrogen-bond donors (Lipinski definition) is 1. The summed E-state index contributed by atoms with van der Waals surface area (Å²) < 4.78 is 0. The first-order chi connectivity index (χ1) is 8.35. The molecule has 2 nitrogen and oxygen atoms in total. The lowest BCUT2D eigenvalue weighted by molar-refractivity contribution is 0.0734. The number of benzene rings is 1. The summed E-state index contributed by atoms with van der Waals surface area (Å²) in [4.78, 5) is 2.18. The van der Waals surface area contributed by atoms with Crippen LogP contribution in [0, 0.1) is 5.92 Å². The molecule has 0 aliphatic rings. The Hall–Kier alpha value is -0.860. The highest BCUT2D eigenvalue weighted by molar-refractivity contribution is 5.23. The van der Waals surface area contributed by atoms with Crippen LogP contribution in [0.25, 0.3) is 0 Å². The average Bonchev–Trinajstić information content (AvgIpc) is 2.31. The van der Waals surface area contributed by atoms with Crippen molar-refractivity contribution in [2.45, 2.75) is 46.2 Å². The monoisotopic (exact) mass is 249 g/mol. The fraction of sp³-hybridized carbons (Fsp3) is 0.625. The van der Waals surface area contributed by atoms with Crippen LogP contribution < -0.4 is 0 Å². The second-order valence-corrected chi connectivity index (χ2v) is 6.24. The van der Waals surface area contributed by atoms with E-state index >= 15 is 0 Å². The molecule has 1 aromatic rings. The van der Waals surface area contributed by atoms with Gasteiger partial charge in [-0.25, -0.2) is 0 Å². The van der Waals surface area contributed by atoms with E-state index in [1.165, 1.54) is 11.1 Å². The fourth-order valence-corrected chi connectivity index (χ4v) is 1.86. The predicted molar refractivity (Wildman–Crippen MR) is 77.6 cm³/mol. The van der Waals surface area contributed by atoms with Gasteiger partial charge in [-0.3, -0.25) is 4.90 Å². The van der Waals surface area contributed by atoms with Gasteiger partial charge < -0.3 is 5.11 Å². The maximum Gasteiger partial charge on any atom is 0.0610 e. The largest absolute Gasteiger partial charge is 0.394 e. The zero-order valence-corrected chi connectivity index (χ0v) is 12.4. The van der Waals surface area contributed by atoms with Crippen LogP contribution in [0.2, 0.25) is 0 Å². The van der Waals surface area contributed by atoms with Crippen molar-refractivity contribution >= 4 is 0 Å². The summed E-state index contributed by atoms with van der Waals surface area (Å²) in [5.74, 6) is 0.701. The number of hydrogen-bond acceptors (Lipinski definition) is 2. The van der Waals surface area contributed by atoms with Gasteiger partial charge in [0.2, 0.25) is 0 Å². The summed E-state index contributed by atoms with van der Waals surface area (Å²) in [5.41, 5.74) is 2.53. The zero-order chi connectivity index (χ0) is 13.8. The Morgan fingerprint density at radius 3 is 2.06 bits per heavy atom. The molecule has 0 saturated heterocycles. The maximum absolute atomic E-state index is 9.34. The van der Waals surface area contributed by atoms with E-state index in [0.717, 1.165) is 13.0 Å². The van der Waals surface area contributed by atoms with Crippen LogP contribution >= 0.6 is 0 Å². The molecule has 0 aromatic heterocycles. The van der Waals surface area contributed by atoms with Crippen LogP contribution in [0.1, 0.15) is 38.8 Å². The van der Waals surface area contributed by atoms with Crippen molar-refractivity contribution in [3.8, 4) is 0 Å². The third-order valence-electron chi connectivity index (χ3n) is 3.51. The molecular weight excluding hydrogens is 222 g/mol. The molecule has 0 aliphatic heterocycles. The first-order valence-corrected chi connectivity index (χ1v) is 6.75. The van der Waals surface area contributed by atoms with E-state index in [2.05, 4.69) is 63.9 Å². The van der Waals surface area contributed by atoms with E-state index < -0.39 is 0 Å². The van der Waals surface area contributed by atoms with Crippen molar-refractivity contribution in [3.05, 3.63) is 35.4 Å². The van der Waals surface area contributed by atoms with Gasteiger partial charge in [-0.05, 0) is 44.4 Å². The van der Waals surface area contributed by atoms with E-state index in [0.29, 0.717) is 5.92 Å². The van der Waals surface area contributed by atoms with Crippen molar-refractivity contribution in [1.29, 1.82) is 0 Å². The Morgan fingerprint density at radius 1 is 1.11 bits per heavy atom. The highest BCUT2D eigenvalue weighted by Gasteiger charge is 2.22. The summed E-state index contributed by atoms with van der Waals surface area (Å²) in [6, 6.07) is 8.83. The Morgan fingerprint density at radius 2 is 1.61 bits per heavy atom. The fourth-order valence-electron chi connectivity index (χ4n) is 1.86. The van der Waals surface area contributed by atoms with Crippen molar-refractivity contribution in [1.82, 2.24) is 4.90 Å². The highest BCUT2D eigenvalue weighted by Crippen LogP contribution is 2.16. The maximum atomic E-state index is 9.34. The molecule has 1 rings (SSSR count). The lowest BCUT2D eigenvalue weighted by Crippen LogP contribution is -2.43. The highest BCUT2D eigenvalue weighted by atomic mass is 16.3. The number of aliphatic hydroxyl groups is 1. The topological polar surface area (TPSA) is 23.5 Å². The second-order valence-electron chi connectivity index (χ2n) is 6.24. The third kappa shape index (κ3) is 4.43. The van der Waals surface area contributed by atoms with E-state index in [1.807, 2.05) is 0 Å². The first kappa shape index (κ1) is 15.2. The van der Waals surface area contributed by atoms with Crippen LogP contribution in [0.3, 0.4) is 0 Å². The molecule has 0 saturated carbocycles. The van der Waals surface area contributed by atoms with E-state index in [4.69, 9.17) is 0 Å². The zero-order valence-electron chi connectivity index (χ0n) is 12.4. The minimum atomic E-state index is -0.170. The van der Waals surface area contributed by atoms with Gasteiger partial charge in [0, 0.05) is 12.1 Å². The lowest BCUT2D eigenvalue weighted by Gasteiger charge is -2.33. The molecule has 0 heterocycles. The van der Waals surface area contributed by atoms with Crippen LogP contribution in [-0.2, 0) is 13.0 Å². The molecule has 0 amide bonds. The summed E-state index contributed by atoms with van der Waals surface area (Å²) in [7, 11) is 2.05. The Labute approximate surface area is 112 Å². The summed E-state index contributed by atoms with van der Waals surface area (Å²) >= 11 is 0. The molecule has 0 fully saturated rings. The first-order valence-electron chi connectivity index (χ1n) is 6.75. The van der Waals surface area contributed by atoms with Gasteiger partial charge in [0.15, 0.2) is 0 Å². The van der Waals surface area contributed by atoms with Crippen LogP contribution in [-0.4, -0.2) is 29.2 Å². The molecule has 18 heavy (non-hydrogen) atoms. The molecule has 1 aromatic carbocycles. The van der Waals surface area contributed by atoms with Gasteiger partial charge in [0.1, 0.15) is 0 Å². The molecule has 0 atom stereocenters. The normalized spacial score (nSPS) is 12.4. The van der Waals surface area contributed by atoms with Gasteiger partial charge in [-0.2, -0.15) is 0 Å². The molecular formula is C16H27NO. The van der Waals surface area contributed by atoms with Gasteiger partial charge in [0.05, 0.1) is 6.61 Å². The van der Waals surface area contributed by atoms with Crippen molar-refractivity contribution < 1.29 is 5.11 Å². The van der Waals surface area contributed by atoms with Crippen LogP contribution in [0.4, 0.5) is 0 Å². The smallest absolute Gasteiger partial charge is 0.0610 e. The lowest BCUT2D eigenvalue weighted by atomic mass is 10.0. The summed E-state index contributed by atoms with van der Waals surface area (Å²) in [5, 5.41) is 9.34. The van der Waals surface area contributed by atoms with E-state index in [1.54, 1.807) is 0 Å². The molecule has 1 N–H and O–H groups in total. The Balaban J connectivity index is 2.64. The van der Waals surface area contributed by atoms with Crippen molar-refractivity contribution in [2.24, 2.45) is 5.92 Å². The molecule has 0 aliphatic carbocycles. The van der Waals surface area contributed by atoms with Crippen LogP contribution in [0.5, 0.6) is 0 Å². The van der Waals surface area contributed by atoms with E-state index in [9.17, 15) is 5.11 Å². The van der Waals surface area contributed by atoms with Gasteiger partial charge >= 0.3 is 0 Å². The minimum absolute atomic E-state index is 0.170. The molecule has 0 unspecified atom stereocenters. The molecule has 0 spiro atoms.